The molecule has 0 aliphatic heterocycles. The molecule has 0 radical (unpaired) electrons. The molecule has 0 atom stereocenters. The van der Waals surface area contributed by atoms with Crippen molar-refractivity contribution in [3.8, 4) is 17.2 Å². The second kappa shape index (κ2) is 9.49. The van der Waals surface area contributed by atoms with Gasteiger partial charge in [-0.15, -0.1) is 11.3 Å². The quantitative estimate of drug-likeness (QED) is 0.430. The Morgan fingerprint density at radius 3 is 2.32 bits per heavy atom. The van der Waals surface area contributed by atoms with E-state index in [2.05, 4.69) is 10.3 Å². The van der Waals surface area contributed by atoms with Gasteiger partial charge in [-0.05, 0) is 29.8 Å². The van der Waals surface area contributed by atoms with E-state index in [4.69, 9.17) is 14.2 Å². The second-order valence-electron chi connectivity index (χ2n) is 6.74. The monoisotopic (exact) mass is 434 g/mol. The minimum atomic E-state index is -0.245. The van der Waals surface area contributed by atoms with Crippen molar-refractivity contribution in [1.82, 2.24) is 10.3 Å². The van der Waals surface area contributed by atoms with Gasteiger partial charge in [0.1, 0.15) is 11.6 Å². The number of carbonyl (C=O) groups is 1. The Balaban J connectivity index is 1.50. The molecule has 0 spiro atoms. The first kappa shape index (κ1) is 20.7. The highest BCUT2D eigenvalue weighted by molar-refractivity contribution is 7.18. The lowest BCUT2D eigenvalue weighted by Gasteiger charge is -2.16. The number of methoxy groups -OCH3 is 2. The van der Waals surface area contributed by atoms with Crippen LogP contribution in [0.5, 0.6) is 17.2 Å². The number of nitrogens with one attached hydrogen (secondary N) is 1. The molecule has 4 rings (SSSR count). The normalized spacial score (nSPS) is 10.6. The average molecular weight is 435 g/mol. The van der Waals surface area contributed by atoms with Crippen molar-refractivity contribution < 1.29 is 19.0 Å². The fraction of sp³-hybridized carbons (Fsp3) is 0.167. The van der Waals surface area contributed by atoms with Crippen LogP contribution in [-0.4, -0.2) is 25.1 Å². The number of thiazole rings is 1. The molecule has 31 heavy (non-hydrogen) atoms. The molecule has 0 bridgehead atoms. The number of ether oxygens (including phenoxy) is 3. The summed E-state index contributed by atoms with van der Waals surface area (Å²) in [5.74, 6) is 1.07. The molecule has 0 saturated carbocycles. The van der Waals surface area contributed by atoms with Gasteiger partial charge in [0.05, 0.1) is 31.0 Å². The zero-order valence-corrected chi connectivity index (χ0v) is 18.1. The highest BCUT2D eigenvalue weighted by Gasteiger charge is 2.18. The molecule has 0 aliphatic carbocycles. The number of rotatable bonds is 8. The lowest BCUT2D eigenvalue weighted by Crippen LogP contribution is -2.22. The minimum Gasteiger partial charge on any atom is -0.493 e. The molecule has 1 heterocycles. The maximum Gasteiger partial charge on any atom is 0.251 e. The molecule has 4 aromatic rings. The number of hydrogen-bond acceptors (Lipinski definition) is 6. The third kappa shape index (κ3) is 4.78. The van der Waals surface area contributed by atoms with Crippen molar-refractivity contribution in [2.45, 2.75) is 13.2 Å². The van der Waals surface area contributed by atoms with E-state index in [1.807, 2.05) is 54.6 Å². The van der Waals surface area contributed by atoms with Crippen LogP contribution in [0.4, 0.5) is 0 Å². The predicted octanol–water partition coefficient (Wildman–Crippen LogP) is 4.82. The van der Waals surface area contributed by atoms with Gasteiger partial charge < -0.3 is 19.5 Å². The molecule has 0 fully saturated rings. The van der Waals surface area contributed by atoms with Crippen LogP contribution in [0.1, 0.15) is 20.9 Å². The Bertz CT molecular complexity index is 1130. The lowest BCUT2D eigenvalue weighted by atomic mass is 10.1. The largest absolute Gasteiger partial charge is 0.493 e. The smallest absolute Gasteiger partial charge is 0.251 e. The van der Waals surface area contributed by atoms with Crippen LogP contribution < -0.4 is 19.5 Å². The molecule has 0 aliphatic rings. The van der Waals surface area contributed by atoms with Crippen molar-refractivity contribution in [2.24, 2.45) is 0 Å². The topological polar surface area (TPSA) is 69.7 Å². The van der Waals surface area contributed by atoms with E-state index < -0.39 is 0 Å². The number of amides is 1. The second-order valence-corrected chi connectivity index (χ2v) is 7.86. The number of fused-ring (bicyclic) bond motifs is 1. The maximum atomic E-state index is 12.8. The number of hydrogen-bond donors (Lipinski definition) is 1. The van der Waals surface area contributed by atoms with Crippen LogP contribution >= 0.6 is 11.3 Å². The van der Waals surface area contributed by atoms with E-state index in [0.29, 0.717) is 36.0 Å². The lowest BCUT2D eigenvalue weighted by molar-refractivity contribution is 0.0950. The van der Waals surface area contributed by atoms with Gasteiger partial charge in [-0.1, -0.05) is 42.5 Å². The summed E-state index contributed by atoms with van der Waals surface area (Å²) >= 11 is 1.56. The summed E-state index contributed by atoms with van der Waals surface area (Å²) in [6.07, 6.45) is 0. The van der Waals surface area contributed by atoms with Gasteiger partial charge in [-0.2, -0.15) is 0 Å². The summed E-state index contributed by atoms with van der Waals surface area (Å²) in [6, 6.07) is 21.0. The van der Waals surface area contributed by atoms with Crippen LogP contribution in [0.3, 0.4) is 0 Å². The first-order valence-corrected chi connectivity index (χ1v) is 10.5. The first-order valence-electron chi connectivity index (χ1n) is 9.73. The fourth-order valence-corrected chi connectivity index (χ4v) is 4.04. The molecular weight excluding hydrogens is 412 g/mol. The van der Waals surface area contributed by atoms with Crippen molar-refractivity contribution in [3.05, 3.63) is 82.9 Å². The molecule has 0 saturated heterocycles. The molecule has 7 heteroatoms. The summed E-state index contributed by atoms with van der Waals surface area (Å²) in [7, 11) is 3.07. The number of para-hydroxylation sites is 1. The summed E-state index contributed by atoms with van der Waals surface area (Å²) in [5, 5.41) is 3.76. The van der Waals surface area contributed by atoms with Crippen molar-refractivity contribution >= 4 is 27.5 Å². The van der Waals surface area contributed by atoms with E-state index in [1.165, 1.54) is 14.2 Å². The van der Waals surface area contributed by atoms with Gasteiger partial charge in [0, 0.05) is 5.56 Å². The highest BCUT2D eigenvalue weighted by atomic mass is 32.1. The van der Waals surface area contributed by atoms with Gasteiger partial charge >= 0.3 is 0 Å². The van der Waals surface area contributed by atoms with Crippen molar-refractivity contribution in [1.29, 1.82) is 0 Å². The van der Waals surface area contributed by atoms with E-state index in [1.54, 1.807) is 23.5 Å². The Hall–Kier alpha value is -3.58. The van der Waals surface area contributed by atoms with Crippen molar-refractivity contribution in [3.63, 3.8) is 0 Å². The average Bonchev–Trinajstić information content (AvgIpc) is 3.24. The summed E-state index contributed by atoms with van der Waals surface area (Å²) in [4.78, 5) is 17.3. The number of benzene rings is 3. The summed E-state index contributed by atoms with van der Waals surface area (Å²) in [6.45, 7) is 0.700. The number of carbonyl (C=O) groups excluding carboxylic acids is 1. The van der Waals surface area contributed by atoms with E-state index in [0.717, 1.165) is 20.8 Å². The van der Waals surface area contributed by atoms with Gasteiger partial charge in [0.25, 0.3) is 5.91 Å². The third-order valence-electron chi connectivity index (χ3n) is 4.69. The van der Waals surface area contributed by atoms with Crippen molar-refractivity contribution in [2.75, 3.05) is 14.2 Å². The fourth-order valence-electron chi connectivity index (χ4n) is 3.14. The van der Waals surface area contributed by atoms with Crippen LogP contribution in [0, 0.1) is 0 Å². The predicted molar refractivity (Wildman–Crippen MR) is 121 cm³/mol. The summed E-state index contributed by atoms with van der Waals surface area (Å²) < 4.78 is 18.0. The van der Waals surface area contributed by atoms with Crippen LogP contribution in [0.2, 0.25) is 0 Å². The number of aromatic nitrogens is 1. The third-order valence-corrected chi connectivity index (χ3v) is 5.72. The Morgan fingerprint density at radius 1 is 0.968 bits per heavy atom. The van der Waals surface area contributed by atoms with Gasteiger partial charge in [0.2, 0.25) is 5.75 Å². The Morgan fingerprint density at radius 2 is 1.65 bits per heavy atom. The Kier molecular flexibility index (Phi) is 6.33. The van der Waals surface area contributed by atoms with E-state index >= 15 is 0 Å². The summed E-state index contributed by atoms with van der Waals surface area (Å²) in [5.41, 5.74) is 2.37. The molecule has 0 unspecified atom stereocenters. The van der Waals surface area contributed by atoms with Gasteiger partial charge in [-0.3, -0.25) is 4.79 Å². The molecule has 3 aromatic carbocycles. The molecule has 1 N–H and O–H groups in total. The standard InChI is InChI=1S/C24H22N2O4S/c1-28-19-12-17(13-20(29-2)23(19)30-15-16-8-4-3-5-9-16)24(27)25-14-22-26-18-10-6-7-11-21(18)31-22/h3-13H,14-15H2,1-2H3,(H,25,27). The van der Waals surface area contributed by atoms with Crippen LogP contribution in [-0.2, 0) is 13.2 Å². The van der Waals surface area contributed by atoms with Crippen LogP contribution in [0.15, 0.2) is 66.7 Å². The van der Waals surface area contributed by atoms with E-state index in [-0.39, 0.29) is 5.91 Å². The Labute approximate surface area is 184 Å². The van der Waals surface area contributed by atoms with Crippen LogP contribution in [0.25, 0.3) is 10.2 Å². The number of nitrogens with zero attached hydrogens (tertiary/aromatic N) is 1. The van der Waals surface area contributed by atoms with Gasteiger partial charge in [0.15, 0.2) is 11.5 Å². The minimum absolute atomic E-state index is 0.245. The van der Waals surface area contributed by atoms with E-state index in [9.17, 15) is 4.79 Å². The maximum absolute atomic E-state index is 12.8. The molecule has 6 nitrogen and oxygen atoms in total. The zero-order chi connectivity index (χ0) is 21.6. The highest BCUT2D eigenvalue weighted by Crippen LogP contribution is 2.39. The molecular formula is C24H22N2O4S. The molecule has 1 amide bonds. The SMILES string of the molecule is COc1cc(C(=O)NCc2nc3ccccc3s2)cc(OC)c1OCc1ccccc1. The first-order chi connectivity index (χ1) is 15.2. The van der Waals surface area contributed by atoms with Gasteiger partial charge in [-0.25, -0.2) is 4.98 Å². The molecule has 158 valence electrons. The molecule has 1 aromatic heterocycles. The zero-order valence-electron chi connectivity index (χ0n) is 17.3.